The second-order valence-corrected chi connectivity index (χ2v) is 4.55. The third-order valence-corrected chi connectivity index (χ3v) is 3.23. The van der Waals surface area contributed by atoms with Gasteiger partial charge in [0.25, 0.3) is 0 Å². The van der Waals surface area contributed by atoms with Crippen molar-refractivity contribution in [2.24, 2.45) is 11.7 Å². The second kappa shape index (κ2) is 3.08. The van der Waals surface area contributed by atoms with Crippen LogP contribution in [0.1, 0.15) is 12.0 Å². The van der Waals surface area contributed by atoms with Crippen LogP contribution in [0.5, 0.6) is 0 Å². The van der Waals surface area contributed by atoms with E-state index in [4.69, 9.17) is 10.8 Å². The molecule has 1 aromatic rings. The lowest BCUT2D eigenvalue weighted by Gasteiger charge is -2.11. The van der Waals surface area contributed by atoms with E-state index in [0.29, 0.717) is 0 Å². The molecule has 0 spiro atoms. The largest absolute Gasteiger partial charge is 0.396 e. The van der Waals surface area contributed by atoms with E-state index in [9.17, 15) is 0 Å². The molecular weight excluding hydrogens is 230 g/mol. The average Bonchev–Trinajstić information content (AvgIpc) is 2.79. The molecular formula is C10H12BrNO. The Labute approximate surface area is 85.9 Å². The number of nitrogens with two attached hydrogens (primary N) is 1. The molecule has 2 rings (SSSR count). The van der Waals surface area contributed by atoms with Crippen molar-refractivity contribution in [2.75, 3.05) is 6.61 Å². The van der Waals surface area contributed by atoms with Crippen molar-refractivity contribution in [3.63, 3.8) is 0 Å². The Kier molecular flexibility index (Phi) is 2.18. The monoisotopic (exact) mass is 241 g/mol. The molecule has 13 heavy (non-hydrogen) atoms. The molecule has 1 aliphatic rings. The number of aliphatic hydroxyl groups is 1. The lowest BCUT2D eigenvalue weighted by molar-refractivity contribution is 0.264. The summed E-state index contributed by atoms with van der Waals surface area (Å²) in [5.41, 5.74) is 6.94. The van der Waals surface area contributed by atoms with Crippen molar-refractivity contribution in [1.29, 1.82) is 0 Å². The normalized spacial score (nSPS) is 31.8. The molecule has 0 unspecified atom stereocenters. The average molecular weight is 242 g/mol. The van der Waals surface area contributed by atoms with Crippen molar-refractivity contribution in [3.8, 4) is 0 Å². The number of hydrogen-bond donors (Lipinski definition) is 2. The van der Waals surface area contributed by atoms with Crippen LogP contribution in [0.3, 0.4) is 0 Å². The fourth-order valence-electron chi connectivity index (χ4n) is 1.71. The van der Waals surface area contributed by atoms with E-state index < -0.39 is 0 Å². The molecule has 0 radical (unpaired) electrons. The highest BCUT2D eigenvalue weighted by atomic mass is 79.9. The summed E-state index contributed by atoms with van der Waals surface area (Å²) in [7, 11) is 0. The molecule has 1 fully saturated rings. The molecule has 0 aliphatic heterocycles. The van der Waals surface area contributed by atoms with Gasteiger partial charge in [0.2, 0.25) is 0 Å². The summed E-state index contributed by atoms with van der Waals surface area (Å²) in [6, 6.07) is 7.99. The maximum atomic E-state index is 8.98. The zero-order chi connectivity index (χ0) is 9.47. The SMILES string of the molecule is N[C@]1(c2cccc(Br)c2)C[C@@H]1CO. The molecule has 3 N–H and O–H groups in total. The molecule has 70 valence electrons. The van der Waals surface area contributed by atoms with Crippen molar-refractivity contribution in [2.45, 2.75) is 12.0 Å². The van der Waals surface area contributed by atoms with E-state index in [1.165, 1.54) is 0 Å². The highest BCUT2D eigenvalue weighted by molar-refractivity contribution is 9.10. The van der Waals surface area contributed by atoms with Crippen molar-refractivity contribution in [3.05, 3.63) is 34.3 Å². The van der Waals surface area contributed by atoms with E-state index in [2.05, 4.69) is 15.9 Å². The van der Waals surface area contributed by atoms with Gasteiger partial charge in [0.05, 0.1) is 0 Å². The first kappa shape index (κ1) is 9.19. The first-order valence-corrected chi connectivity index (χ1v) is 5.12. The summed E-state index contributed by atoms with van der Waals surface area (Å²) in [6.45, 7) is 0.184. The van der Waals surface area contributed by atoms with Crippen LogP contribution in [0.15, 0.2) is 28.7 Å². The first-order valence-electron chi connectivity index (χ1n) is 4.32. The van der Waals surface area contributed by atoms with Gasteiger partial charge in [-0.1, -0.05) is 28.1 Å². The van der Waals surface area contributed by atoms with Gasteiger partial charge in [0.15, 0.2) is 0 Å². The van der Waals surface area contributed by atoms with Gasteiger partial charge in [0, 0.05) is 22.5 Å². The fourth-order valence-corrected chi connectivity index (χ4v) is 2.11. The fraction of sp³-hybridized carbons (Fsp3) is 0.400. The number of benzene rings is 1. The number of hydrogen-bond acceptors (Lipinski definition) is 2. The standard InChI is InChI=1S/C10H12BrNO/c11-9-3-1-2-7(4-9)10(12)5-8(10)6-13/h1-4,8,13H,5-6,12H2/t8-,10+/m1/s1. The van der Waals surface area contributed by atoms with Gasteiger partial charge >= 0.3 is 0 Å². The Bertz CT molecular complexity index is 328. The summed E-state index contributed by atoms with van der Waals surface area (Å²) >= 11 is 3.41. The van der Waals surface area contributed by atoms with Crippen LogP contribution in [-0.4, -0.2) is 11.7 Å². The zero-order valence-electron chi connectivity index (χ0n) is 7.20. The summed E-state index contributed by atoms with van der Waals surface area (Å²) in [6.07, 6.45) is 0.889. The van der Waals surface area contributed by atoms with E-state index in [1.807, 2.05) is 24.3 Å². The number of halogens is 1. The van der Waals surface area contributed by atoms with Gasteiger partial charge in [-0.15, -0.1) is 0 Å². The molecule has 2 nitrogen and oxygen atoms in total. The molecule has 1 aliphatic carbocycles. The van der Waals surface area contributed by atoms with Gasteiger partial charge in [-0.3, -0.25) is 0 Å². The van der Waals surface area contributed by atoms with Crippen molar-refractivity contribution >= 4 is 15.9 Å². The Morgan fingerprint density at radius 2 is 2.38 bits per heavy atom. The molecule has 1 aromatic carbocycles. The molecule has 0 saturated heterocycles. The van der Waals surface area contributed by atoms with E-state index in [-0.39, 0.29) is 18.1 Å². The molecule has 3 heteroatoms. The van der Waals surface area contributed by atoms with Gasteiger partial charge in [-0.25, -0.2) is 0 Å². The van der Waals surface area contributed by atoms with E-state index in [1.54, 1.807) is 0 Å². The van der Waals surface area contributed by atoms with Crippen LogP contribution < -0.4 is 5.73 Å². The van der Waals surface area contributed by atoms with Crippen LogP contribution in [-0.2, 0) is 5.54 Å². The lowest BCUT2D eigenvalue weighted by Crippen LogP contribution is -2.23. The van der Waals surface area contributed by atoms with Gasteiger partial charge in [0.1, 0.15) is 0 Å². The Morgan fingerprint density at radius 3 is 2.92 bits per heavy atom. The minimum absolute atomic E-state index is 0.184. The Balaban J connectivity index is 2.27. The minimum atomic E-state index is -0.279. The third kappa shape index (κ3) is 1.52. The zero-order valence-corrected chi connectivity index (χ0v) is 8.79. The summed E-state index contributed by atoms with van der Waals surface area (Å²) in [4.78, 5) is 0. The maximum Gasteiger partial charge on any atom is 0.0480 e. The van der Waals surface area contributed by atoms with Crippen LogP contribution >= 0.6 is 15.9 Å². The molecule has 0 bridgehead atoms. The van der Waals surface area contributed by atoms with Crippen molar-refractivity contribution in [1.82, 2.24) is 0 Å². The quantitative estimate of drug-likeness (QED) is 0.827. The first-order chi connectivity index (χ1) is 6.16. The Hall–Kier alpha value is -0.380. The van der Waals surface area contributed by atoms with Crippen LogP contribution in [0.25, 0.3) is 0 Å². The summed E-state index contributed by atoms with van der Waals surface area (Å²) in [5, 5.41) is 8.98. The molecule has 1 saturated carbocycles. The Morgan fingerprint density at radius 1 is 1.62 bits per heavy atom. The van der Waals surface area contributed by atoms with Crippen LogP contribution in [0.4, 0.5) is 0 Å². The maximum absolute atomic E-state index is 8.98. The van der Waals surface area contributed by atoms with E-state index in [0.717, 1.165) is 16.5 Å². The van der Waals surface area contributed by atoms with Crippen molar-refractivity contribution < 1.29 is 5.11 Å². The molecule has 0 amide bonds. The summed E-state index contributed by atoms with van der Waals surface area (Å²) in [5.74, 6) is 0.238. The second-order valence-electron chi connectivity index (χ2n) is 3.63. The van der Waals surface area contributed by atoms with Gasteiger partial charge in [-0.05, 0) is 24.1 Å². The number of aliphatic hydroxyl groups excluding tert-OH is 1. The topological polar surface area (TPSA) is 46.2 Å². The van der Waals surface area contributed by atoms with Gasteiger partial charge in [-0.2, -0.15) is 0 Å². The van der Waals surface area contributed by atoms with Crippen LogP contribution in [0, 0.1) is 5.92 Å². The predicted octanol–water partition coefficient (Wildman–Crippen LogP) is 1.62. The highest BCUT2D eigenvalue weighted by Crippen LogP contribution is 2.49. The number of rotatable bonds is 2. The highest BCUT2D eigenvalue weighted by Gasteiger charge is 2.51. The smallest absolute Gasteiger partial charge is 0.0480 e. The molecule has 0 aromatic heterocycles. The third-order valence-electron chi connectivity index (χ3n) is 2.74. The summed E-state index contributed by atoms with van der Waals surface area (Å²) < 4.78 is 1.04. The minimum Gasteiger partial charge on any atom is -0.396 e. The van der Waals surface area contributed by atoms with Crippen LogP contribution in [0.2, 0.25) is 0 Å². The predicted molar refractivity (Wildman–Crippen MR) is 55.2 cm³/mol. The van der Waals surface area contributed by atoms with Gasteiger partial charge < -0.3 is 10.8 Å². The lowest BCUT2D eigenvalue weighted by atomic mass is 10.0. The van der Waals surface area contributed by atoms with E-state index >= 15 is 0 Å². The molecule has 0 heterocycles. The molecule has 2 atom stereocenters.